The van der Waals surface area contributed by atoms with Crippen LogP contribution in [0.5, 0.6) is 11.5 Å². The molecular formula is C19H23Br2NO4. The molecule has 1 N–H and O–H groups in total. The molecule has 2 aromatic rings. The van der Waals surface area contributed by atoms with Crippen LogP contribution in [0.1, 0.15) is 43.1 Å². The van der Waals surface area contributed by atoms with E-state index in [9.17, 15) is 4.79 Å². The van der Waals surface area contributed by atoms with Crippen LogP contribution >= 0.6 is 31.9 Å². The summed E-state index contributed by atoms with van der Waals surface area (Å²) in [6.45, 7) is 2.57. The smallest absolute Gasteiger partial charge is 0.355 e. The van der Waals surface area contributed by atoms with Gasteiger partial charge in [-0.3, -0.25) is 0 Å². The number of aromatic nitrogens is 1. The second-order valence-electron chi connectivity index (χ2n) is 5.77. The van der Waals surface area contributed by atoms with Crippen molar-refractivity contribution in [2.75, 3.05) is 20.8 Å². The molecule has 0 spiro atoms. The van der Waals surface area contributed by atoms with Crippen LogP contribution in [0.25, 0.3) is 11.1 Å². The lowest BCUT2D eigenvalue weighted by molar-refractivity contribution is 0.0490. The Morgan fingerprint density at radius 3 is 2.46 bits per heavy atom. The van der Waals surface area contributed by atoms with Crippen molar-refractivity contribution in [1.29, 1.82) is 0 Å². The number of hydrogen-bond acceptors (Lipinski definition) is 4. The van der Waals surface area contributed by atoms with Crippen molar-refractivity contribution in [3.05, 3.63) is 33.0 Å². The molecule has 0 aliphatic carbocycles. The van der Waals surface area contributed by atoms with Crippen molar-refractivity contribution >= 4 is 37.8 Å². The number of unbranched alkanes of at least 4 members (excludes halogenated alkanes) is 3. The molecule has 0 aliphatic rings. The Bertz CT molecular complexity index is 758. The maximum Gasteiger partial charge on any atom is 0.355 e. The molecule has 1 aromatic heterocycles. The molecule has 1 heterocycles. The third kappa shape index (κ3) is 4.82. The zero-order chi connectivity index (χ0) is 19.1. The molecule has 2 rings (SSSR count). The maximum atomic E-state index is 12.4. The van der Waals surface area contributed by atoms with Gasteiger partial charge in [-0.15, -0.1) is 0 Å². The Balaban J connectivity index is 2.21. The topological polar surface area (TPSA) is 60.6 Å². The highest BCUT2D eigenvalue weighted by atomic mass is 79.9. The summed E-state index contributed by atoms with van der Waals surface area (Å²) in [5.74, 6) is 0.886. The van der Waals surface area contributed by atoms with E-state index in [4.69, 9.17) is 14.2 Å². The Morgan fingerprint density at radius 1 is 1.08 bits per heavy atom. The fraction of sp³-hybridized carbons (Fsp3) is 0.421. The highest BCUT2D eigenvalue weighted by Crippen LogP contribution is 2.41. The lowest BCUT2D eigenvalue weighted by atomic mass is 10.1. The fourth-order valence-corrected chi connectivity index (χ4v) is 4.18. The van der Waals surface area contributed by atoms with E-state index in [2.05, 4.69) is 43.8 Å². The van der Waals surface area contributed by atoms with Crippen LogP contribution in [0.15, 0.2) is 27.3 Å². The number of carbonyl (C=O) groups is 1. The number of esters is 1. The molecule has 0 atom stereocenters. The number of ether oxygens (including phenoxy) is 3. The van der Waals surface area contributed by atoms with Crippen LogP contribution in [-0.2, 0) is 4.74 Å². The molecule has 26 heavy (non-hydrogen) atoms. The summed E-state index contributed by atoms with van der Waals surface area (Å²) in [5.41, 5.74) is 2.08. The van der Waals surface area contributed by atoms with Crippen LogP contribution in [0.2, 0.25) is 0 Å². The van der Waals surface area contributed by atoms with Gasteiger partial charge < -0.3 is 19.2 Å². The Labute approximate surface area is 170 Å². The first-order valence-electron chi connectivity index (χ1n) is 8.49. The summed E-state index contributed by atoms with van der Waals surface area (Å²) in [4.78, 5) is 15.4. The van der Waals surface area contributed by atoms with E-state index in [1.54, 1.807) is 14.2 Å². The molecule has 0 saturated carbocycles. The van der Waals surface area contributed by atoms with Crippen LogP contribution in [0.4, 0.5) is 0 Å². The molecule has 0 saturated heterocycles. The Hall–Kier alpha value is -1.47. The first kappa shape index (κ1) is 20.8. The number of methoxy groups -OCH3 is 2. The van der Waals surface area contributed by atoms with Gasteiger partial charge in [-0.1, -0.05) is 32.3 Å². The monoisotopic (exact) mass is 487 g/mol. The number of hydrogen-bond donors (Lipinski definition) is 1. The zero-order valence-electron chi connectivity index (χ0n) is 15.2. The molecule has 0 aliphatic heterocycles. The van der Waals surface area contributed by atoms with Gasteiger partial charge >= 0.3 is 5.97 Å². The quantitative estimate of drug-likeness (QED) is 0.349. The number of aromatic amines is 1. The van der Waals surface area contributed by atoms with E-state index in [0.717, 1.165) is 36.8 Å². The van der Waals surface area contributed by atoms with E-state index in [-0.39, 0.29) is 5.97 Å². The van der Waals surface area contributed by atoms with Crippen molar-refractivity contribution in [3.8, 4) is 22.6 Å². The minimum absolute atomic E-state index is 0.374. The minimum atomic E-state index is -0.374. The molecule has 142 valence electrons. The first-order valence-corrected chi connectivity index (χ1v) is 10.1. The van der Waals surface area contributed by atoms with Crippen LogP contribution in [0, 0.1) is 0 Å². The highest BCUT2D eigenvalue weighted by Gasteiger charge is 2.22. The summed E-state index contributed by atoms with van der Waals surface area (Å²) in [5, 5.41) is 0. The predicted molar refractivity (Wildman–Crippen MR) is 109 cm³/mol. The third-order valence-electron chi connectivity index (χ3n) is 4.00. The Kier molecular flexibility index (Phi) is 8.03. The highest BCUT2D eigenvalue weighted by molar-refractivity contribution is 9.11. The number of nitrogens with one attached hydrogen (secondary N) is 1. The van der Waals surface area contributed by atoms with Crippen molar-refractivity contribution in [1.82, 2.24) is 4.98 Å². The van der Waals surface area contributed by atoms with E-state index < -0.39 is 0 Å². The van der Waals surface area contributed by atoms with Gasteiger partial charge in [0.15, 0.2) is 11.5 Å². The van der Waals surface area contributed by atoms with Gasteiger partial charge in [0, 0.05) is 5.56 Å². The van der Waals surface area contributed by atoms with E-state index >= 15 is 0 Å². The molecular weight excluding hydrogens is 466 g/mol. The average molecular weight is 489 g/mol. The molecule has 0 fully saturated rings. The summed E-state index contributed by atoms with van der Waals surface area (Å²) >= 11 is 7.01. The van der Waals surface area contributed by atoms with Crippen molar-refractivity contribution in [2.24, 2.45) is 0 Å². The molecule has 0 radical (unpaired) electrons. The number of rotatable bonds is 9. The van der Waals surface area contributed by atoms with Gasteiger partial charge in [-0.25, -0.2) is 4.79 Å². The van der Waals surface area contributed by atoms with Crippen LogP contribution in [-0.4, -0.2) is 31.8 Å². The van der Waals surface area contributed by atoms with E-state index in [0.29, 0.717) is 32.9 Å². The van der Waals surface area contributed by atoms with Crippen molar-refractivity contribution < 1.29 is 19.0 Å². The third-order valence-corrected chi connectivity index (χ3v) is 5.39. The van der Waals surface area contributed by atoms with Gasteiger partial charge in [0.05, 0.1) is 29.9 Å². The molecule has 0 unspecified atom stereocenters. The summed E-state index contributed by atoms with van der Waals surface area (Å²) in [7, 11) is 3.18. The lowest BCUT2D eigenvalue weighted by Crippen LogP contribution is -2.07. The van der Waals surface area contributed by atoms with Gasteiger partial charge in [0.1, 0.15) is 5.69 Å². The maximum absolute atomic E-state index is 12.4. The van der Waals surface area contributed by atoms with Gasteiger partial charge in [0.2, 0.25) is 0 Å². The van der Waals surface area contributed by atoms with Crippen molar-refractivity contribution in [2.45, 2.75) is 32.6 Å². The standard InChI is InChI=1S/C19H23Br2NO4/c1-4-5-6-7-10-26-19(23)17-16(20)15(18(21)22-17)12-8-9-13(24-2)14(11-12)25-3/h8-9,11,22H,4-7,10H2,1-3H3. The van der Waals surface area contributed by atoms with Gasteiger partial charge in [0.25, 0.3) is 0 Å². The normalized spacial score (nSPS) is 10.7. The molecule has 1 aromatic carbocycles. The van der Waals surface area contributed by atoms with Crippen LogP contribution in [0.3, 0.4) is 0 Å². The van der Waals surface area contributed by atoms with Crippen LogP contribution < -0.4 is 9.47 Å². The SMILES string of the molecule is CCCCCCOC(=O)c1[nH]c(Br)c(-c2ccc(OC)c(OC)c2)c1Br. The first-order chi connectivity index (χ1) is 12.5. The second kappa shape index (κ2) is 10.0. The average Bonchev–Trinajstić information content (AvgIpc) is 2.95. The fourth-order valence-electron chi connectivity index (χ4n) is 2.60. The molecule has 0 amide bonds. The molecule has 5 nitrogen and oxygen atoms in total. The largest absolute Gasteiger partial charge is 0.493 e. The predicted octanol–water partition coefficient (Wildman–Crippen LogP) is 5.96. The Morgan fingerprint density at radius 2 is 1.81 bits per heavy atom. The molecule has 7 heteroatoms. The lowest BCUT2D eigenvalue weighted by Gasteiger charge is -2.09. The number of benzene rings is 1. The number of halogens is 2. The van der Waals surface area contributed by atoms with Crippen molar-refractivity contribution in [3.63, 3.8) is 0 Å². The van der Waals surface area contributed by atoms with E-state index in [1.165, 1.54) is 0 Å². The summed E-state index contributed by atoms with van der Waals surface area (Å²) in [6.07, 6.45) is 4.24. The van der Waals surface area contributed by atoms with Gasteiger partial charge in [-0.2, -0.15) is 0 Å². The zero-order valence-corrected chi connectivity index (χ0v) is 18.3. The summed E-state index contributed by atoms with van der Waals surface area (Å²) < 4.78 is 17.3. The second-order valence-corrected chi connectivity index (χ2v) is 7.36. The summed E-state index contributed by atoms with van der Waals surface area (Å²) in [6, 6.07) is 5.59. The number of carbonyl (C=O) groups excluding carboxylic acids is 1. The van der Waals surface area contributed by atoms with E-state index in [1.807, 2.05) is 18.2 Å². The molecule has 0 bridgehead atoms. The minimum Gasteiger partial charge on any atom is -0.493 e. The van der Waals surface area contributed by atoms with Gasteiger partial charge in [-0.05, 0) is 56.0 Å². The number of H-pyrrole nitrogens is 1.